The molecule has 1 aromatic rings. The van der Waals surface area contributed by atoms with Crippen molar-refractivity contribution in [3.05, 3.63) is 34.7 Å². The summed E-state index contributed by atoms with van der Waals surface area (Å²) in [5.74, 6) is -3.57. The summed E-state index contributed by atoms with van der Waals surface area (Å²) in [4.78, 5) is 37.3. The number of hydrogen-bond acceptors (Lipinski definition) is 4. The van der Waals surface area contributed by atoms with Crippen molar-refractivity contribution in [1.29, 1.82) is 0 Å². The third kappa shape index (κ3) is 3.27. The number of carbonyl (C=O) groups is 2. The van der Waals surface area contributed by atoms with Crippen LogP contribution in [0.15, 0.2) is 24.3 Å². The van der Waals surface area contributed by atoms with Gasteiger partial charge in [0.1, 0.15) is 0 Å². The SMILES string of the molecule is CO[N+](=O)c1ccc(C(CC(=O)O)C(=O)O)cc1. The van der Waals surface area contributed by atoms with Crippen molar-refractivity contribution in [2.24, 2.45) is 0 Å². The fourth-order valence-electron chi connectivity index (χ4n) is 1.46. The van der Waals surface area contributed by atoms with E-state index in [1.54, 1.807) is 0 Å². The Balaban J connectivity index is 2.97. The average Bonchev–Trinajstić information content (AvgIpc) is 2.34. The molecule has 1 rings (SSSR count). The summed E-state index contributed by atoms with van der Waals surface area (Å²) >= 11 is 0. The van der Waals surface area contributed by atoms with Crippen LogP contribution in [0.25, 0.3) is 0 Å². The molecule has 0 saturated carbocycles. The first-order chi connectivity index (χ1) is 8.45. The molecule has 0 heterocycles. The standard InChI is InChI=1S/C11H11NO6/c1-18-12(17)8-4-2-7(3-5-8)9(11(15)16)6-10(13)14/h2-5,9H,6H2,1H3,(H-,13,14,15,16)/p+1. The Labute approximate surface area is 102 Å². The fourth-order valence-corrected chi connectivity index (χ4v) is 1.46. The van der Waals surface area contributed by atoms with Gasteiger partial charge in [-0.1, -0.05) is 12.1 Å². The Morgan fingerprint density at radius 3 is 2.22 bits per heavy atom. The highest BCUT2D eigenvalue weighted by atomic mass is 16.8. The van der Waals surface area contributed by atoms with Crippen LogP contribution in [-0.2, 0) is 14.4 Å². The summed E-state index contributed by atoms with van der Waals surface area (Å²) in [6, 6.07) is 5.51. The Bertz CT molecular complexity index is 467. The maximum absolute atomic E-state index is 11.1. The lowest BCUT2D eigenvalue weighted by molar-refractivity contribution is -0.736. The van der Waals surface area contributed by atoms with Crippen LogP contribution in [0.3, 0.4) is 0 Å². The van der Waals surface area contributed by atoms with Gasteiger partial charge in [0.15, 0.2) is 7.11 Å². The molecular formula is C11H12NO6+. The second-order valence-electron chi connectivity index (χ2n) is 3.52. The third-order valence-electron chi connectivity index (χ3n) is 2.35. The second kappa shape index (κ2) is 5.76. The van der Waals surface area contributed by atoms with E-state index in [2.05, 4.69) is 4.84 Å². The number of aliphatic carboxylic acids is 2. The minimum atomic E-state index is -1.23. The molecule has 0 aromatic heterocycles. The highest BCUT2D eigenvalue weighted by molar-refractivity contribution is 5.82. The molecule has 1 unspecified atom stereocenters. The molecule has 1 atom stereocenters. The lowest BCUT2D eigenvalue weighted by Crippen LogP contribution is -2.15. The highest BCUT2D eigenvalue weighted by Crippen LogP contribution is 2.22. The van der Waals surface area contributed by atoms with Crippen molar-refractivity contribution in [2.45, 2.75) is 12.3 Å². The summed E-state index contributed by atoms with van der Waals surface area (Å²) in [5.41, 5.74) is 0.513. The zero-order valence-corrected chi connectivity index (χ0v) is 9.57. The first-order valence-electron chi connectivity index (χ1n) is 5.01. The summed E-state index contributed by atoms with van der Waals surface area (Å²) in [6.45, 7) is 0. The summed E-state index contributed by atoms with van der Waals surface area (Å²) < 4.78 is 0. The lowest BCUT2D eigenvalue weighted by Gasteiger charge is -2.09. The van der Waals surface area contributed by atoms with E-state index in [1.807, 2.05) is 0 Å². The Morgan fingerprint density at radius 1 is 1.28 bits per heavy atom. The van der Waals surface area contributed by atoms with Crippen LogP contribution < -0.4 is 0 Å². The largest absolute Gasteiger partial charge is 0.481 e. The van der Waals surface area contributed by atoms with Crippen LogP contribution in [0.4, 0.5) is 5.69 Å². The number of carboxylic acids is 2. The molecule has 1 aromatic carbocycles. The molecule has 0 aliphatic rings. The van der Waals surface area contributed by atoms with Crippen LogP contribution in [-0.4, -0.2) is 34.2 Å². The maximum atomic E-state index is 11.1. The number of nitrogens with zero attached hydrogens (tertiary/aromatic N) is 1. The molecular weight excluding hydrogens is 242 g/mol. The monoisotopic (exact) mass is 254 g/mol. The van der Waals surface area contributed by atoms with Gasteiger partial charge in [0.05, 0.1) is 17.2 Å². The van der Waals surface area contributed by atoms with E-state index >= 15 is 0 Å². The van der Waals surface area contributed by atoms with Crippen LogP contribution >= 0.6 is 0 Å². The van der Waals surface area contributed by atoms with E-state index < -0.39 is 24.3 Å². The molecule has 0 bridgehead atoms. The average molecular weight is 254 g/mol. The normalized spacial score (nSPS) is 11.6. The molecule has 0 aliphatic heterocycles. The number of benzene rings is 1. The van der Waals surface area contributed by atoms with Gasteiger partial charge in [-0.3, -0.25) is 9.59 Å². The Kier molecular flexibility index (Phi) is 4.36. The van der Waals surface area contributed by atoms with E-state index in [9.17, 15) is 14.5 Å². The van der Waals surface area contributed by atoms with Crippen molar-refractivity contribution in [2.75, 3.05) is 7.11 Å². The van der Waals surface area contributed by atoms with Gasteiger partial charge in [0.2, 0.25) is 0 Å². The predicted molar refractivity (Wildman–Crippen MR) is 59.4 cm³/mol. The molecule has 0 aliphatic carbocycles. The summed E-state index contributed by atoms with van der Waals surface area (Å²) in [5, 5.41) is 17.6. The molecule has 0 spiro atoms. The number of rotatable bonds is 6. The smallest absolute Gasteiger partial charge is 0.316 e. The van der Waals surface area contributed by atoms with Crippen LogP contribution in [0.1, 0.15) is 17.9 Å². The van der Waals surface area contributed by atoms with Crippen LogP contribution in [0.5, 0.6) is 0 Å². The number of carboxylic acid groups (broad SMARTS) is 2. The molecule has 7 nitrogen and oxygen atoms in total. The minimum Gasteiger partial charge on any atom is -0.481 e. The molecule has 96 valence electrons. The third-order valence-corrected chi connectivity index (χ3v) is 2.35. The summed E-state index contributed by atoms with van der Waals surface area (Å²) in [7, 11) is 1.20. The quantitative estimate of drug-likeness (QED) is 0.741. The van der Waals surface area contributed by atoms with Gasteiger partial charge in [-0.05, 0) is 5.56 Å². The van der Waals surface area contributed by atoms with Gasteiger partial charge >= 0.3 is 17.6 Å². The van der Waals surface area contributed by atoms with Gasteiger partial charge in [0, 0.05) is 12.1 Å². The molecule has 18 heavy (non-hydrogen) atoms. The van der Waals surface area contributed by atoms with Gasteiger partial charge in [-0.15, -0.1) is 0 Å². The predicted octanol–water partition coefficient (Wildman–Crippen LogP) is 1.30. The van der Waals surface area contributed by atoms with E-state index in [0.717, 1.165) is 0 Å². The number of hydrogen-bond donors (Lipinski definition) is 2. The second-order valence-corrected chi connectivity index (χ2v) is 3.52. The minimum absolute atomic E-state index is 0.195. The highest BCUT2D eigenvalue weighted by Gasteiger charge is 2.24. The van der Waals surface area contributed by atoms with E-state index in [-0.39, 0.29) is 10.6 Å². The van der Waals surface area contributed by atoms with Crippen LogP contribution in [0, 0.1) is 4.91 Å². The molecule has 2 N–H and O–H groups in total. The van der Waals surface area contributed by atoms with Crippen molar-refractivity contribution in [3.8, 4) is 0 Å². The van der Waals surface area contributed by atoms with Gasteiger partial charge in [0.25, 0.3) is 4.92 Å². The Hall–Kier alpha value is -2.44. The van der Waals surface area contributed by atoms with Crippen molar-refractivity contribution < 1.29 is 29.6 Å². The first kappa shape index (κ1) is 13.6. The zero-order chi connectivity index (χ0) is 13.7. The van der Waals surface area contributed by atoms with Crippen molar-refractivity contribution in [3.63, 3.8) is 0 Å². The molecule has 0 saturated heterocycles. The van der Waals surface area contributed by atoms with Crippen molar-refractivity contribution >= 4 is 17.6 Å². The molecule has 0 radical (unpaired) electrons. The zero-order valence-electron chi connectivity index (χ0n) is 9.57. The van der Waals surface area contributed by atoms with E-state index in [1.165, 1.54) is 31.4 Å². The topological polar surface area (TPSA) is 104 Å². The van der Waals surface area contributed by atoms with E-state index in [4.69, 9.17) is 10.2 Å². The summed E-state index contributed by atoms with van der Waals surface area (Å²) in [6.07, 6.45) is -0.514. The fraction of sp³-hybridized carbons (Fsp3) is 0.273. The van der Waals surface area contributed by atoms with Crippen LogP contribution in [0.2, 0.25) is 0 Å². The molecule has 7 heteroatoms. The molecule has 0 fully saturated rings. The van der Waals surface area contributed by atoms with E-state index in [0.29, 0.717) is 5.56 Å². The Morgan fingerprint density at radius 2 is 1.83 bits per heavy atom. The lowest BCUT2D eigenvalue weighted by atomic mass is 9.96. The molecule has 0 amide bonds. The van der Waals surface area contributed by atoms with Gasteiger partial charge in [-0.2, -0.15) is 0 Å². The van der Waals surface area contributed by atoms with Gasteiger partial charge in [-0.25, -0.2) is 4.84 Å². The maximum Gasteiger partial charge on any atom is 0.316 e. The first-order valence-corrected chi connectivity index (χ1v) is 5.01. The van der Waals surface area contributed by atoms with Crippen molar-refractivity contribution in [1.82, 2.24) is 0 Å². The van der Waals surface area contributed by atoms with Gasteiger partial charge < -0.3 is 10.2 Å².